The summed E-state index contributed by atoms with van der Waals surface area (Å²) in [6.45, 7) is 0. The van der Waals surface area contributed by atoms with Crippen molar-refractivity contribution in [2.75, 3.05) is 0 Å². The van der Waals surface area contributed by atoms with Gasteiger partial charge >= 0.3 is 0 Å². The summed E-state index contributed by atoms with van der Waals surface area (Å²) < 4.78 is 5.11. The van der Waals surface area contributed by atoms with Crippen molar-refractivity contribution in [1.82, 2.24) is 5.16 Å². The van der Waals surface area contributed by atoms with Gasteiger partial charge in [0.25, 0.3) is 0 Å². The average molecular weight is 163 g/mol. The summed E-state index contributed by atoms with van der Waals surface area (Å²) in [5, 5.41) is 3.95. The molecule has 1 fully saturated rings. The molecule has 1 heterocycles. The van der Waals surface area contributed by atoms with Crippen molar-refractivity contribution < 1.29 is 9.32 Å². The van der Waals surface area contributed by atoms with Crippen molar-refractivity contribution in [2.24, 2.45) is 0 Å². The van der Waals surface area contributed by atoms with Gasteiger partial charge in [0.2, 0.25) is 0 Å². The van der Waals surface area contributed by atoms with Crippen LogP contribution in [0.2, 0.25) is 0 Å². The summed E-state index contributed by atoms with van der Waals surface area (Å²) in [6, 6.07) is 0. The topological polar surface area (TPSA) is 43.1 Å². The van der Waals surface area contributed by atoms with E-state index in [0.29, 0.717) is 12.3 Å². The summed E-state index contributed by atoms with van der Waals surface area (Å²) in [4.78, 5) is 11.4. The molecule has 62 valence electrons. The second-order valence-corrected chi connectivity index (χ2v) is 3.56. The fraction of sp³-hybridized carbons (Fsp3) is 0.556. The van der Waals surface area contributed by atoms with Crippen LogP contribution >= 0.6 is 0 Å². The fourth-order valence-corrected chi connectivity index (χ4v) is 1.79. The van der Waals surface area contributed by atoms with Gasteiger partial charge in [0.15, 0.2) is 5.78 Å². The van der Waals surface area contributed by atoms with Crippen molar-refractivity contribution in [3.8, 4) is 0 Å². The maximum atomic E-state index is 11.4. The van der Waals surface area contributed by atoms with Gasteiger partial charge in [0.1, 0.15) is 5.76 Å². The Labute approximate surface area is 69.7 Å². The second kappa shape index (κ2) is 1.97. The molecule has 0 amide bonds. The van der Waals surface area contributed by atoms with Crippen LogP contribution in [0.25, 0.3) is 0 Å². The average Bonchev–Trinajstić information content (AvgIpc) is 2.71. The lowest BCUT2D eigenvalue weighted by atomic mass is 10.1. The summed E-state index contributed by atoms with van der Waals surface area (Å²) in [7, 11) is 0. The molecule has 12 heavy (non-hydrogen) atoms. The maximum Gasteiger partial charge on any atom is 0.168 e. The van der Waals surface area contributed by atoms with E-state index in [1.807, 2.05) is 0 Å². The van der Waals surface area contributed by atoms with Crippen LogP contribution in [0.5, 0.6) is 0 Å². The Balaban J connectivity index is 2.15. The minimum absolute atomic E-state index is 0.230. The molecular weight excluding hydrogens is 154 g/mol. The molecular formula is C9H9NO2. The number of hydrogen-bond acceptors (Lipinski definition) is 3. The smallest absolute Gasteiger partial charge is 0.168 e. The third kappa shape index (κ3) is 0.709. The fourth-order valence-electron chi connectivity index (χ4n) is 1.79. The predicted molar refractivity (Wildman–Crippen MR) is 41.1 cm³/mol. The third-order valence-corrected chi connectivity index (χ3v) is 2.61. The SMILES string of the molecule is O=C1CCc2onc(C3CC3)c21. The zero-order valence-electron chi connectivity index (χ0n) is 6.67. The Morgan fingerprint density at radius 3 is 2.92 bits per heavy atom. The van der Waals surface area contributed by atoms with Crippen LogP contribution in [0.3, 0.4) is 0 Å². The first-order valence-electron chi connectivity index (χ1n) is 4.38. The second-order valence-electron chi connectivity index (χ2n) is 3.56. The Hall–Kier alpha value is -1.12. The molecule has 2 aliphatic rings. The highest BCUT2D eigenvalue weighted by Crippen LogP contribution is 2.43. The van der Waals surface area contributed by atoms with E-state index in [1.165, 1.54) is 12.8 Å². The lowest BCUT2D eigenvalue weighted by molar-refractivity contribution is 0.0993. The number of carbonyl (C=O) groups excluding carboxylic acids is 1. The largest absolute Gasteiger partial charge is 0.360 e. The molecule has 1 aromatic heterocycles. The van der Waals surface area contributed by atoms with E-state index < -0.39 is 0 Å². The minimum atomic E-state index is 0.230. The van der Waals surface area contributed by atoms with Gasteiger partial charge < -0.3 is 4.52 Å². The number of carbonyl (C=O) groups is 1. The monoisotopic (exact) mass is 163 g/mol. The van der Waals surface area contributed by atoms with Crippen LogP contribution < -0.4 is 0 Å². The number of aryl methyl sites for hydroxylation is 1. The first-order valence-corrected chi connectivity index (χ1v) is 4.38. The number of aromatic nitrogens is 1. The summed E-state index contributed by atoms with van der Waals surface area (Å²) in [5.41, 5.74) is 1.75. The molecule has 0 bridgehead atoms. The van der Waals surface area contributed by atoms with Gasteiger partial charge in [0, 0.05) is 18.8 Å². The number of hydrogen-bond donors (Lipinski definition) is 0. The molecule has 0 aliphatic heterocycles. The number of nitrogens with zero attached hydrogens (tertiary/aromatic N) is 1. The highest BCUT2D eigenvalue weighted by molar-refractivity contribution is 6.00. The normalized spacial score (nSPS) is 21.5. The molecule has 0 N–H and O–H groups in total. The molecule has 3 nitrogen and oxygen atoms in total. The number of rotatable bonds is 1. The van der Waals surface area contributed by atoms with Crippen molar-refractivity contribution in [3.63, 3.8) is 0 Å². The first-order chi connectivity index (χ1) is 5.86. The lowest BCUT2D eigenvalue weighted by Gasteiger charge is -1.90. The molecule has 0 aromatic carbocycles. The molecule has 3 heteroatoms. The van der Waals surface area contributed by atoms with Gasteiger partial charge in [-0.05, 0) is 12.8 Å². The van der Waals surface area contributed by atoms with Crippen molar-refractivity contribution >= 4 is 5.78 Å². The maximum absolute atomic E-state index is 11.4. The van der Waals surface area contributed by atoms with Gasteiger partial charge in [-0.1, -0.05) is 5.16 Å². The molecule has 1 saturated carbocycles. The van der Waals surface area contributed by atoms with E-state index in [-0.39, 0.29) is 5.78 Å². The van der Waals surface area contributed by atoms with Gasteiger partial charge in [0.05, 0.1) is 11.3 Å². The highest BCUT2D eigenvalue weighted by Gasteiger charge is 2.36. The summed E-state index contributed by atoms with van der Waals surface area (Å²) in [5.74, 6) is 1.58. The highest BCUT2D eigenvalue weighted by atomic mass is 16.5. The molecule has 3 rings (SSSR count). The number of Topliss-reactive ketones (excluding diaryl/α,β-unsaturated/α-hetero) is 1. The number of ketones is 1. The van der Waals surface area contributed by atoms with Crippen molar-refractivity contribution in [2.45, 2.75) is 31.6 Å². The van der Waals surface area contributed by atoms with Crippen LogP contribution in [-0.4, -0.2) is 10.9 Å². The first kappa shape index (κ1) is 6.40. The van der Waals surface area contributed by atoms with Crippen molar-refractivity contribution in [1.29, 1.82) is 0 Å². The Kier molecular flexibility index (Phi) is 1.05. The molecule has 0 saturated heterocycles. The molecule has 0 spiro atoms. The van der Waals surface area contributed by atoms with Crippen LogP contribution in [0, 0.1) is 0 Å². The van der Waals surface area contributed by atoms with E-state index in [1.54, 1.807) is 0 Å². The van der Waals surface area contributed by atoms with E-state index in [2.05, 4.69) is 5.16 Å². The molecule has 0 atom stereocenters. The zero-order valence-corrected chi connectivity index (χ0v) is 6.67. The molecule has 0 radical (unpaired) electrons. The minimum Gasteiger partial charge on any atom is -0.360 e. The Bertz CT molecular complexity index is 349. The summed E-state index contributed by atoms with van der Waals surface area (Å²) >= 11 is 0. The van der Waals surface area contributed by atoms with Gasteiger partial charge in [-0.15, -0.1) is 0 Å². The lowest BCUT2D eigenvalue weighted by Crippen LogP contribution is -1.95. The van der Waals surface area contributed by atoms with Crippen molar-refractivity contribution in [3.05, 3.63) is 17.0 Å². The number of fused-ring (bicyclic) bond motifs is 1. The molecule has 0 unspecified atom stereocenters. The van der Waals surface area contributed by atoms with E-state index in [0.717, 1.165) is 23.4 Å². The molecule has 2 aliphatic carbocycles. The van der Waals surface area contributed by atoms with E-state index >= 15 is 0 Å². The van der Waals surface area contributed by atoms with Crippen LogP contribution in [0.1, 0.15) is 47.0 Å². The van der Waals surface area contributed by atoms with Crippen LogP contribution in [0.15, 0.2) is 4.52 Å². The zero-order chi connectivity index (χ0) is 8.13. The van der Waals surface area contributed by atoms with Gasteiger partial charge in [-0.3, -0.25) is 4.79 Å². The Morgan fingerprint density at radius 1 is 1.33 bits per heavy atom. The third-order valence-electron chi connectivity index (χ3n) is 2.61. The van der Waals surface area contributed by atoms with E-state index in [9.17, 15) is 4.79 Å². The Morgan fingerprint density at radius 2 is 2.17 bits per heavy atom. The standard InChI is InChI=1S/C9H9NO2/c11-6-3-4-7-8(6)9(10-12-7)5-1-2-5/h5H,1-4H2. The predicted octanol–water partition coefficient (Wildman–Crippen LogP) is 1.68. The van der Waals surface area contributed by atoms with Gasteiger partial charge in [-0.25, -0.2) is 0 Å². The quantitative estimate of drug-likeness (QED) is 0.632. The summed E-state index contributed by atoms with van der Waals surface area (Å²) in [6.07, 6.45) is 3.72. The van der Waals surface area contributed by atoms with Gasteiger partial charge in [-0.2, -0.15) is 0 Å². The van der Waals surface area contributed by atoms with E-state index in [4.69, 9.17) is 4.52 Å². The van der Waals surface area contributed by atoms with Crippen LogP contribution in [-0.2, 0) is 6.42 Å². The molecule has 1 aromatic rings. The van der Waals surface area contributed by atoms with Crippen LogP contribution in [0.4, 0.5) is 0 Å².